The molecule has 3 rings (SSSR count). The third-order valence-electron chi connectivity index (χ3n) is 4.81. The minimum atomic E-state index is -0.361. The number of ether oxygens (including phenoxy) is 1. The van der Waals surface area contributed by atoms with Crippen molar-refractivity contribution in [1.82, 2.24) is 0 Å². The van der Waals surface area contributed by atoms with Gasteiger partial charge in [0.25, 0.3) is 0 Å². The fourth-order valence-corrected chi connectivity index (χ4v) is 3.33. The zero-order chi connectivity index (χ0) is 19.1. The molecule has 144 valence electrons. The lowest BCUT2D eigenvalue weighted by atomic mass is 10.1. The molecule has 1 amide bonds. The van der Waals surface area contributed by atoms with Gasteiger partial charge in [-0.15, -0.1) is 0 Å². The lowest BCUT2D eigenvalue weighted by Crippen LogP contribution is -2.32. The molecular weight excluding hydrogens is 338 g/mol. The molecule has 1 unspecified atom stereocenters. The van der Waals surface area contributed by atoms with E-state index in [0.717, 1.165) is 18.8 Å². The molecule has 0 saturated carbocycles. The van der Waals surface area contributed by atoms with Crippen molar-refractivity contribution in [2.24, 2.45) is 0 Å². The Kier molecular flexibility index (Phi) is 6.58. The first-order chi connectivity index (χ1) is 13.2. The first-order valence-electron chi connectivity index (χ1n) is 9.81. The average molecular weight is 367 g/mol. The molecule has 2 aromatic carbocycles. The second-order valence-corrected chi connectivity index (χ2v) is 6.88. The predicted molar refractivity (Wildman–Crippen MR) is 112 cm³/mol. The van der Waals surface area contributed by atoms with Crippen LogP contribution >= 0.6 is 0 Å². The van der Waals surface area contributed by atoms with Crippen molar-refractivity contribution in [3.05, 3.63) is 48.5 Å². The van der Waals surface area contributed by atoms with Crippen molar-refractivity contribution in [2.45, 2.75) is 39.2 Å². The maximum absolute atomic E-state index is 12.6. The Morgan fingerprint density at radius 3 is 2.48 bits per heavy atom. The molecule has 1 aliphatic rings. The van der Waals surface area contributed by atoms with E-state index in [4.69, 9.17) is 4.74 Å². The number of benzene rings is 2. The number of hydrogen-bond donors (Lipinski definition) is 2. The van der Waals surface area contributed by atoms with Crippen molar-refractivity contribution in [3.8, 4) is 5.75 Å². The third-order valence-corrected chi connectivity index (χ3v) is 4.81. The highest BCUT2D eigenvalue weighted by Crippen LogP contribution is 2.25. The van der Waals surface area contributed by atoms with E-state index in [0.29, 0.717) is 18.0 Å². The quantitative estimate of drug-likeness (QED) is 0.756. The van der Waals surface area contributed by atoms with Gasteiger partial charge in [-0.2, -0.15) is 0 Å². The molecular formula is C22H29N3O2. The van der Waals surface area contributed by atoms with Crippen molar-refractivity contribution in [3.63, 3.8) is 0 Å². The van der Waals surface area contributed by atoms with Gasteiger partial charge >= 0.3 is 0 Å². The molecule has 0 aromatic heterocycles. The fraction of sp³-hybridized carbons (Fsp3) is 0.409. The van der Waals surface area contributed by atoms with Crippen LogP contribution < -0.4 is 20.3 Å². The van der Waals surface area contributed by atoms with E-state index in [9.17, 15) is 4.79 Å². The van der Waals surface area contributed by atoms with E-state index < -0.39 is 0 Å². The van der Waals surface area contributed by atoms with Crippen LogP contribution in [-0.2, 0) is 4.79 Å². The summed E-state index contributed by atoms with van der Waals surface area (Å²) < 4.78 is 5.57. The van der Waals surface area contributed by atoms with E-state index in [-0.39, 0.29) is 11.9 Å². The maximum Gasteiger partial charge on any atom is 0.246 e. The zero-order valence-electron chi connectivity index (χ0n) is 16.2. The SMILES string of the molecule is CCOc1ccccc1NC(=O)C(C)Nc1ccc(N2CCCCC2)cc1. The Labute approximate surface area is 161 Å². The fourth-order valence-electron chi connectivity index (χ4n) is 3.33. The van der Waals surface area contributed by atoms with Gasteiger partial charge in [-0.05, 0) is 69.5 Å². The molecule has 0 radical (unpaired) electrons. The monoisotopic (exact) mass is 367 g/mol. The van der Waals surface area contributed by atoms with Crippen LogP contribution in [0, 0.1) is 0 Å². The van der Waals surface area contributed by atoms with Crippen molar-refractivity contribution < 1.29 is 9.53 Å². The second kappa shape index (κ2) is 9.31. The topological polar surface area (TPSA) is 53.6 Å². The molecule has 1 aliphatic heterocycles. The van der Waals surface area contributed by atoms with Crippen LogP contribution in [0.2, 0.25) is 0 Å². The Balaban J connectivity index is 1.58. The van der Waals surface area contributed by atoms with Gasteiger partial charge in [0.1, 0.15) is 11.8 Å². The first-order valence-corrected chi connectivity index (χ1v) is 9.81. The van der Waals surface area contributed by atoms with Gasteiger partial charge < -0.3 is 20.3 Å². The van der Waals surface area contributed by atoms with E-state index in [2.05, 4.69) is 27.7 Å². The molecule has 1 saturated heterocycles. The van der Waals surface area contributed by atoms with Crippen LogP contribution in [0.15, 0.2) is 48.5 Å². The second-order valence-electron chi connectivity index (χ2n) is 6.88. The third kappa shape index (κ3) is 5.16. The normalized spacial score (nSPS) is 15.1. The number of carbonyl (C=O) groups excluding carboxylic acids is 1. The minimum absolute atomic E-state index is 0.0951. The molecule has 0 spiro atoms. The maximum atomic E-state index is 12.6. The van der Waals surface area contributed by atoms with Gasteiger partial charge in [-0.3, -0.25) is 4.79 Å². The summed E-state index contributed by atoms with van der Waals surface area (Å²) in [5, 5.41) is 6.22. The van der Waals surface area contributed by atoms with Crippen molar-refractivity contribution >= 4 is 23.0 Å². The molecule has 2 N–H and O–H groups in total. The summed E-state index contributed by atoms with van der Waals surface area (Å²) in [6, 6.07) is 15.5. The Morgan fingerprint density at radius 1 is 1.07 bits per heavy atom. The predicted octanol–water partition coefficient (Wildman–Crippen LogP) is 4.51. The van der Waals surface area contributed by atoms with Gasteiger partial charge in [0, 0.05) is 24.5 Å². The average Bonchev–Trinajstić information content (AvgIpc) is 2.71. The van der Waals surface area contributed by atoms with Gasteiger partial charge in [-0.25, -0.2) is 0 Å². The zero-order valence-corrected chi connectivity index (χ0v) is 16.2. The summed E-state index contributed by atoms with van der Waals surface area (Å²) in [7, 11) is 0. The molecule has 1 atom stereocenters. The number of anilines is 3. The highest BCUT2D eigenvalue weighted by atomic mass is 16.5. The molecule has 5 nitrogen and oxygen atoms in total. The number of nitrogens with zero attached hydrogens (tertiary/aromatic N) is 1. The summed E-state index contributed by atoms with van der Waals surface area (Å²) in [6.45, 7) is 6.60. The number of carbonyl (C=O) groups is 1. The molecule has 1 heterocycles. The summed E-state index contributed by atoms with van der Waals surface area (Å²) in [6.07, 6.45) is 3.86. The van der Waals surface area contributed by atoms with Crippen LogP contribution in [0.1, 0.15) is 33.1 Å². The minimum Gasteiger partial charge on any atom is -0.492 e. The number of amides is 1. The van der Waals surface area contributed by atoms with Crippen LogP contribution in [0.5, 0.6) is 5.75 Å². The van der Waals surface area contributed by atoms with Crippen LogP contribution in [0.25, 0.3) is 0 Å². The lowest BCUT2D eigenvalue weighted by molar-refractivity contribution is -0.116. The standard InChI is InChI=1S/C22H29N3O2/c1-3-27-21-10-6-5-9-20(21)24-22(26)17(2)23-18-11-13-19(14-12-18)25-15-7-4-8-16-25/h5-6,9-14,17,23H,3-4,7-8,15-16H2,1-2H3,(H,24,26). The van der Waals surface area contributed by atoms with Gasteiger partial charge in [0.15, 0.2) is 0 Å². The Morgan fingerprint density at radius 2 is 1.78 bits per heavy atom. The number of piperidine rings is 1. The Hall–Kier alpha value is -2.69. The summed E-state index contributed by atoms with van der Waals surface area (Å²) in [4.78, 5) is 15.0. The lowest BCUT2D eigenvalue weighted by Gasteiger charge is -2.29. The number of rotatable bonds is 7. The molecule has 1 fully saturated rings. The number of nitrogens with one attached hydrogen (secondary N) is 2. The van der Waals surface area contributed by atoms with Gasteiger partial charge in [-0.1, -0.05) is 12.1 Å². The number of hydrogen-bond acceptors (Lipinski definition) is 4. The van der Waals surface area contributed by atoms with E-state index in [1.807, 2.05) is 50.2 Å². The smallest absolute Gasteiger partial charge is 0.246 e. The molecule has 0 bridgehead atoms. The van der Waals surface area contributed by atoms with Gasteiger partial charge in [0.2, 0.25) is 5.91 Å². The Bertz CT molecular complexity index is 739. The van der Waals surface area contributed by atoms with Crippen LogP contribution in [0.3, 0.4) is 0 Å². The first kappa shape index (κ1) is 19.1. The summed E-state index contributed by atoms with van der Waals surface area (Å²) in [5.74, 6) is 0.591. The highest BCUT2D eigenvalue weighted by Gasteiger charge is 2.15. The molecule has 27 heavy (non-hydrogen) atoms. The van der Waals surface area contributed by atoms with E-state index in [1.165, 1.54) is 24.9 Å². The van der Waals surface area contributed by atoms with Crippen molar-refractivity contribution in [2.75, 3.05) is 35.2 Å². The largest absolute Gasteiger partial charge is 0.492 e. The van der Waals surface area contributed by atoms with Gasteiger partial charge in [0.05, 0.1) is 12.3 Å². The van der Waals surface area contributed by atoms with E-state index in [1.54, 1.807) is 0 Å². The number of para-hydroxylation sites is 2. The van der Waals surface area contributed by atoms with Crippen LogP contribution in [0.4, 0.5) is 17.1 Å². The molecule has 5 heteroatoms. The van der Waals surface area contributed by atoms with E-state index >= 15 is 0 Å². The molecule has 0 aliphatic carbocycles. The summed E-state index contributed by atoms with van der Waals surface area (Å²) >= 11 is 0. The van der Waals surface area contributed by atoms with Crippen LogP contribution in [-0.4, -0.2) is 31.6 Å². The highest BCUT2D eigenvalue weighted by molar-refractivity contribution is 5.97. The summed E-state index contributed by atoms with van der Waals surface area (Å²) in [5.41, 5.74) is 2.89. The van der Waals surface area contributed by atoms with Crippen molar-refractivity contribution in [1.29, 1.82) is 0 Å². The molecule has 2 aromatic rings.